The molecule has 0 amide bonds. The molecule has 1 aromatic heterocycles. The highest BCUT2D eigenvalue weighted by Crippen LogP contribution is 2.26. The molecule has 1 heterocycles. The maximum atomic E-state index is 6.34. The lowest BCUT2D eigenvalue weighted by atomic mass is 10.1. The van der Waals surface area contributed by atoms with Crippen molar-refractivity contribution in [1.82, 2.24) is 4.98 Å². The molecule has 2 aromatic carbocycles. The summed E-state index contributed by atoms with van der Waals surface area (Å²) in [5.74, 6) is 2.53. The molecule has 4 nitrogen and oxygen atoms in total. The highest BCUT2D eigenvalue weighted by Gasteiger charge is 2.12. The number of aromatic nitrogens is 1. The second-order valence-electron chi connectivity index (χ2n) is 6.01. The minimum Gasteiger partial charge on any atom is -0.497 e. The van der Waals surface area contributed by atoms with Crippen LogP contribution in [0.3, 0.4) is 0 Å². The highest BCUT2D eigenvalue weighted by atomic mass is 127. The van der Waals surface area contributed by atoms with Crippen LogP contribution in [-0.4, -0.2) is 19.2 Å². The predicted octanol–water partition coefficient (Wildman–Crippen LogP) is 5.56. The standard InChI is InChI=1S/C21H20ClIN2O2/c1-26-17-7-3-15(4-8-17)13-25(21-11-19(22)20(23)12-24-21)14-16-5-9-18(27-2)10-6-16/h3-12H,13-14H2,1-2H3. The number of anilines is 1. The Bertz CT molecular complexity index is 836. The summed E-state index contributed by atoms with van der Waals surface area (Å²) in [5.41, 5.74) is 2.33. The van der Waals surface area contributed by atoms with Crippen LogP contribution in [0.4, 0.5) is 5.82 Å². The molecule has 0 saturated heterocycles. The van der Waals surface area contributed by atoms with Gasteiger partial charge in [-0.25, -0.2) is 4.98 Å². The van der Waals surface area contributed by atoms with E-state index in [0.717, 1.165) is 20.9 Å². The number of benzene rings is 2. The molecule has 0 saturated carbocycles. The lowest BCUT2D eigenvalue weighted by molar-refractivity contribution is 0.414. The first-order valence-electron chi connectivity index (χ1n) is 8.41. The zero-order chi connectivity index (χ0) is 19.2. The topological polar surface area (TPSA) is 34.6 Å². The number of nitrogens with zero attached hydrogens (tertiary/aromatic N) is 2. The van der Waals surface area contributed by atoms with Crippen LogP contribution in [0.5, 0.6) is 11.5 Å². The third-order valence-electron chi connectivity index (χ3n) is 4.18. The van der Waals surface area contributed by atoms with E-state index in [1.807, 2.05) is 30.3 Å². The molecular weight excluding hydrogens is 475 g/mol. The molecular formula is C21H20ClIN2O2. The quantitative estimate of drug-likeness (QED) is 0.403. The third-order valence-corrected chi connectivity index (χ3v) is 5.67. The normalized spacial score (nSPS) is 10.5. The van der Waals surface area contributed by atoms with Gasteiger partial charge in [0.1, 0.15) is 17.3 Å². The van der Waals surface area contributed by atoms with Gasteiger partial charge in [0, 0.05) is 25.4 Å². The molecule has 3 rings (SSSR count). The number of methoxy groups -OCH3 is 2. The molecule has 0 unspecified atom stereocenters. The van der Waals surface area contributed by atoms with Crippen molar-refractivity contribution in [1.29, 1.82) is 0 Å². The molecule has 27 heavy (non-hydrogen) atoms. The second-order valence-corrected chi connectivity index (χ2v) is 7.58. The fraction of sp³-hybridized carbons (Fsp3) is 0.190. The van der Waals surface area contributed by atoms with Gasteiger partial charge in [0.2, 0.25) is 0 Å². The Balaban J connectivity index is 1.87. The van der Waals surface area contributed by atoms with E-state index in [4.69, 9.17) is 21.1 Å². The Morgan fingerprint density at radius 2 is 1.37 bits per heavy atom. The zero-order valence-electron chi connectivity index (χ0n) is 15.2. The SMILES string of the molecule is COc1ccc(CN(Cc2ccc(OC)cc2)c2cc(Cl)c(I)cn2)cc1. The summed E-state index contributed by atoms with van der Waals surface area (Å²) in [7, 11) is 3.34. The maximum absolute atomic E-state index is 6.34. The average molecular weight is 495 g/mol. The Labute approximate surface area is 178 Å². The van der Waals surface area contributed by atoms with Crippen molar-refractivity contribution in [2.24, 2.45) is 0 Å². The first kappa shape index (κ1) is 19.8. The van der Waals surface area contributed by atoms with Crippen LogP contribution >= 0.6 is 34.2 Å². The van der Waals surface area contributed by atoms with Crippen molar-refractivity contribution in [2.45, 2.75) is 13.1 Å². The highest BCUT2D eigenvalue weighted by molar-refractivity contribution is 14.1. The largest absolute Gasteiger partial charge is 0.497 e. The van der Waals surface area contributed by atoms with Gasteiger partial charge in [0.25, 0.3) is 0 Å². The molecule has 140 valence electrons. The second kappa shape index (κ2) is 9.28. The molecule has 6 heteroatoms. The van der Waals surface area contributed by atoms with Crippen LogP contribution in [-0.2, 0) is 13.1 Å². The van der Waals surface area contributed by atoms with Gasteiger partial charge in [-0.1, -0.05) is 35.9 Å². The van der Waals surface area contributed by atoms with Gasteiger partial charge in [0.05, 0.1) is 22.8 Å². The Hall–Kier alpha value is -1.99. The van der Waals surface area contributed by atoms with Gasteiger partial charge >= 0.3 is 0 Å². The Kier molecular flexibility index (Phi) is 6.79. The average Bonchev–Trinajstić information content (AvgIpc) is 2.70. The van der Waals surface area contributed by atoms with E-state index in [-0.39, 0.29) is 0 Å². The van der Waals surface area contributed by atoms with E-state index in [1.54, 1.807) is 20.4 Å². The van der Waals surface area contributed by atoms with Crippen LogP contribution in [0.25, 0.3) is 0 Å². The molecule has 0 bridgehead atoms. The Morgan fingerprint density at radius 1 is 0.889 bits per heavy atom. The van der Waals surface area contributed by atoms with Gasteiger partial charge < -0.3 is 14.4 Å². The molecule has 0 aliphatic rings. The number of halogens is 2. The van der Waals surface area contributed by atoms with Crippen molar-refractivity contribution < 1.29 is 9.47 Å². The molecule has 0 N–H and O–H groups in total. The summed E-state index contributed by atoms with van der Waals surface area (Å²) in [4.78, 5) is 6.78. The molecule has 0 fully saturated rings. The van der Waals surface area contributed by atoms with Crippen molar-refractivity contribution in [3.8, 4) is 11.5 Å². The molecule has 0 radical (unpaired) electrons. The fourth-order valence-electron chi connectivity index (χ4n) is 2.70. The van der Waals surface area contributed by atoms with E-state index in [0.29, 0.717) is 18.1 Å². The van der Waals surface area contributed by atoms with Gasteiger partial charge in [-0.3, -0.25) is 0 Å². The summed E-state index contributed by atoms with van der Waals surface area (Å²) < 4.78 is 11.4. The lowest BCUT2D eigenvalue weighted by Crippen LogP contribution is -2.23. The fourth-order valence-corrected chi connectivity index (χ4v) is 3.14. The van der Waals surface area contributed by atoms with E-state index in [2.05, 4.69) is 56.7 Å². The van der Waals surface area contributed by atoms with Crippen molar-refractivity contribution >= 4 is 40.0 Å². The Morgan fingerprint density at radius 3 is 1.78 bits per heavy atom. The van der Waals surface area contributed by atoms with Crippen LogP contribution in [0.2, 0.25) is 5.02 Å². The van der Waals surface area contributed by atoms with Crippen LogP contribution in [0, 0.1) is 3.57 Å². The number of rotatable bonds is 7. The monoisotopic (exact) mass is 494 g/mol. The van der Waals surface area contributed by atoms with Gasteiger partial charge in [-0.05, 0) is 58.0 Å². The number of hydrogen-bond donors (Lipinski definition) is 0. The zero-order valence-corrected chi connectivity index (χ0v) is 18.1. The van der Waals surface area contributed by atoms with Gasteiger partial charge in [-0.15, -0.1) is 0 Å². The first-order valence-corrected chi connectivity index (χ1v) is 9.86. The summed E-state index contributed by atoms with van der Waals surface area (Å²) in [6, 6.07) is 18.0. The molecule has 0 atom stereocenters. The smallest absolute Gasteiger partial charge is 0.130 e. The van der Waals surface area contributed by atoms with Crippen molar-refractivity contribution in [3.05, 3.63) is 80.5 Å². The number of pyridine rings is 1. The molecule has 0 aliphatic heterocycles. The number of ether oxygens (including phenoxy) is 2. The molecule has 0 spiro atoms. The predicted molar refractivity (Wildman–Crippen MR) is 118 cm³/mol. The minimum absolute atomic E-state index is 0.704. The van der Waals surface area contributed by atoms with Crippen LogP contribution < -0.4 is 14.4 Å². The summed E-state index contributed by atoms with van der Waals surface area (Å²) in [6.07, 6.45) is 1.80. The molecule has 0 aliphatic carbocycles. The third kappa shape index (κ3) is 5.26. The maximum Gasteiger partial charge on any atom is 0.130 e. The van der Waals surface area contributed by atoms with Crippen LogP contribution in [0.1, 0.15) is 11.1 Å². The van der Waals surface area contributed by atoms with E-state index in [1.165, 1.54) is 11.1 Å². The summed E-state index contributed by atoms with van der Waals surface area (Å²) in [6.45, 7) is 1.42. The summed E-state index contributed by atoms with van der Waals surface area (Å²) in [5, 5.41) is 0.704. The van der Waals surface area contributed by atoms with Gasteiger partial charge in [-0.2, -0.15) is 0 Å². The van der Waals surface area contributed by atoms with Gasteiger partial charge in [0.15, 0.2) is 0 Å². The van der Waals surface area contributed by atoms with E-state index < -0.39 is 0 Å². The van der Waals surface area contributed by atoms with Crippen LogP contribution in [0.15, 0.2) is 60.8 Å². The first-order chi connectivity index (χ1) is 13.1. The van der Waals surface area contributed by atoms with E-state index >= 15 is 0 Å². The van der Waals surface area contributed by atoms with Crippen molar-refractivity contribution in [3.63, 3.8) is 0 Å². The summed E-state index contributed by atoms with van der Waals surface area (Å²) >= 11 is 8.52. The molecule has 3 aromatic rings. The number of hydrogen-bond acceptors (Lipinski definition) is 4. The lowest BCUT2D eigenvalue weighted by Gasteiger charge is -2.24. The van der Waals surface area contributed by atoms with E-state index in [9.17, 15) is 0 Å². The van der Waals surface area contributed by atoms with Crippen molar-refractivity contribution in [2.75, 3.05) is 19.1 Å². The minimum atomic E-state index is 0.704.